The van der Waals surface area contributed by atoms with E-state index in [1.807, 2.05) is 56.3 Å². The lowest BCUT2D eigenvalue weighted by atomic mass is 10.1. The van der Waals surface area contributed by atoms with Crippen molar-refractivity contribution in [3.8, 4) is 11.5 Å². The maximum Gasteiger partial charge on any atom is 0.267 e. The van der Waals surface area contributed by atoms with Gasteiger partial charge in [-0.1, -0.05) is 35.4 Å². The van der Waals surface area contributed by atoms with Crippen LogP contribution >= 0.6 is 0 Å². The van der Waals surface area contributed by atoms with Gasteiger partial charge in [-0.15, -0.1) is 0 Å². The number of fused-ring (bicyclic) bond motifs is 1. The Labute approximate surface area is 187 Å². The number of carbonyl (C=O) groups is 2. The molecule has 0 radical (unpaired) electrons. The zero-order valence-electron chi connectivity index (χ0n) is 18.4. The molecule has 1 unspecified atom stereocenters. The number of ether oxygens (including phenoxy) is 2. The Hall–Kier alpha value is -3.80. The number of nitrogens with one attached hydrogen (secondary N) is 1. The van der Waals surface area contributed by atoms with Crippen molar-refractivity contribution in [1.29, 1.82) is 0 Å². The second kappa shape index (κ2) is 9.14. The van der Waals surface area contributed by atoms with Crippen LogP contribution in [0.4, 0.5) is 11.4 Å². The van der Waals surface area contributed by atoms with Gasteiger partial charge in [-0.25, -0.2) is 0 Å². The molecule has 0 saturated carbocycles. The third-order valence-electron chi connectivity index (χ3n) is 5.31. The summed E-state index contributed by atoms with van der Waals surface area (Å²) >= 11 is 0. The van der Waals surface area contributed by atoms with Gasteiger partial charge >= 0.3 is 0 Å². The van der Waals surface area contributed by atoms with Gasteiger partial charge in [0.15, 0.2) is 6.10 Å². The van der Waals surface area contributed by atoms with E-state index in [0.717, 1.165) is 16.9 Å². The average molecular weight is 431 g/mol. The second-order valence-electron chi connectivity index (χ2n) is 7.92. The molecule has 0 aliphatic carbocycles. The minimum Gasteiger partial charge on any atom is -0.492 e. The Morgan fingerprint density at radius 3 is 2.56 bits per heavy atom. The van der Waals surface area contributed by atoms with Crippen molar-refractivity contribution >= 4 is 23.2 Å². The van der Waals surface area contributed by atoms with Crippen molar-refractivity contribution < 1.29 is 19.1 Å². The average Bonchev–Trinajstić information content (AvgIpc) is 2.78. The van der Waals surface area contributed by atoms with Crippen molar-refractivity contribution in [2.45, 2.75) is 26.9 Å². The standard InChI is InChI=1S/C26H26N2O4/c1-17-7-10-22(11-8-17)31-14-13-28-23-16-21(9-12-24(23)32-19(3)26(28)30)27-25(29)20-6-4-5-18(2)15-20/h4-12,15-16,19H,13-14H2,1-3H3,(H,27,29). The molecule has 1 atom stereocenters. The highest BCUT2D eigenvalue weighted by Crippen LogP contribution is 2.36. The maximum absolute atomic E-state index is 12.8. The molecule has 3 aromatic rings. The van der Waals surface area contributed by atoms with Gasteiger partial charge in [0.1, 0.15) is 18.1 Å². The monoisotopic (exact) mass is 430 g/mol. The minimum absolute atomic E-state index is 0.146. The largest absolute Gasteiger partial charge is 0.492 e. The van der Waals surface area contributed by atoms with E-state index >= 15 is 0 Å². The molecule has 1 aliphatic rings. The molecule has 0 saturated heterocycles. The van der Waals surface area contributed by atoms with Crippen LogP contribution in [0.1, 0.15) is 28.4 Å². The molecule has 0 aromatic heterocycles. The number of hydrogen-bond acceptors (Lipinski definition) is 4. The molecule has 164 valence electrons. The SMILES string of the molecule is Cc1ccc(OCCN2C(=O)C(C)Oc3ccc(NC(=O)c4cccc(C)c4)cc32)cc1. The molecule has 32 heavy (non-hydrogen) atoms. The Morgan fingerprint density at radius 2 is 1.81 bits per heavy atom. The van der Waals surface area contributed by atoms with Crippen LogP contribution < -0.4 is 19.7 Å². The van der Waals surface area contributed by atoms with Crippen molar-refractivity contribution in [2.75, 3.05) is 23.4 Å². The normalized spacial score (nSPS) is 15.0. The number of rotatable bonds is 6. The summed E-state index contributed by atoms with van der Waals surface area (Å²) in [4.78, 5) is 27.1. The van der Waals surface area contributed by atoms with E-state index in [2.05, 4.69) is 5.32 Å². The smallest absolute Gasteiger partial charge is 0.267 e. The molecule has 3 aromatic carbocycles. The Morgan fingerprint density at radius 1 is 1.03 bits per heavy atom. The van der Waals surface area contributed by atoms with Crippen LogP contribution in [0.15, 0.2) is 66.7 Å². The number of amides is 2. The van der Waals surface area contributed by atoms with Gasteiger partial charge in [-0.2, -0.15) is 0 Å². The third kappa shape index (κ3) is 4.75. The van der Waals surface area contributed by atoms with Crippen molar-refractivity contribution in [3.05, 3.63) is 83.4 Å². The first-order valence-electron chi connectivity index (χ1n) is 10.6. The van der Waals surface area contributed by atoms with Gasteiger partial charge in [0.05, 0.1) is 12.2 Å². The Bertz CT molecular complexity index is 1140. The highest BCUT2D eigenvalue weighted by atomic mass is 16.5. The van der Waals surface area contributed by atoms with Gasteiger partial charge in [-0.05, 0) is 63.2 Å². The molecule has 1 N–H and O–H groups in total. The lowest BCUT2D eigenvalue weighted by Crippen LogP contribution is -2.46. The molecular formula is C26H26N2O4. The number of benzene rings is 3. The molecule has 1 heterocycles. The molecular weight excluding hydrogens is 404 g/mol. The van der Waals surface area contributed by atoms with E-state index in [9.17, 15) is 9.59 Å². The van der Waals surface area contributed by atoms with Gasteiger partial charge < -0.3 is 19.7 Å². The molecule has 0 spiro atoms. The molecule has 0 bridgehead atoms. The van der Waals surface area contributed by atoms with E-state index in [1.165, 1.54) is 0 Å². The number of carbonyl (C=O) groups excluding carboxylic acids is 2. The van der Waals surface area contributed by atoms with Gasteiger partial charge in [-0.3, -0.25) is 9.59 Å². The van der Waals surface area contributed by atoms with Crippen LogP contribution in [0.2, 0.25) is 0 Å². The fraction of sp³-hybridized carbons (Fsp3) is 0.231. The number of aryl methyl sites for hydroxylation is 2. The van der Waals surface area contributed by atoms with Crippen LogP contribution in [0.3, 0.4) is 0 Å². The number of nitrogens with zero attached hydrogens (tertiary/aromatic N) is 1. The molecule has 4 rings (SSSR count). The highest BCUT2D eigenvalue weighted by molar-refractivity contribution is 6.05. The maximum atomic E-state index is 12.8. The zero-order valence-corrected chi connectivity index (χ0v) is 18.4. The molecule has 6 heteroatoms. The predicted octanol–water partition coefficient (Wildman–Crippen LogP) is 4.75. The van der Waals surface area contributed by atoms with Crippen molar-refractivity contribution in [1.82, 2.24) is 0 Å². The summed E-state index contributed by atoms with van der Waals surface area (Å²) in [7, 11) is 0. The minimum atomic E-state index is -0.588. The lowest BCUT2D eigenvalue weighted by molar-refractivity contribution is -0.125. The summed E-state index contributed by atoms with van der Waals surface area (Å²) in [6, 6.07) is 20.5. The van der Waals surface area contributed by atoms with Crippen LogP contribution in [-0.2, 0) is 4.79 Å². The Balaban J connectivity index is 1.51. The van der Waals surface area contributed by atoms with Crippen LogP contribution in [0.5, 0.6) is 11.5 Å². The fourth-order valence-electron chi connectivity index (χ4n) is 3.59. The van der Waals surface area contributed by atoms with Crippen molar-refractivity contribution in [2.24, 2.45) is 0 Å². The Kier molecular flexibility index (Phi) is 6.12. The second-order valence-corrected chi connectivity index (χ2v) is 7.92. The number of anilines is 2. The zero-order chi connectivity index (χ0) is 22.7. The quantitative estimate of drug-likeness (QED) is 0.613. The first-order valence-corrected chi connectivity index (χ1v) is 10.6. The summed E-state index contributed by atoms with van der Waals surface area (Å²) in [5.74, 6) is 0.997. The lowest BCUT2D eigenvalue weighted by Gasteiger charge is -2.33. The van der Waals surface area contributed by atoms with E-state index in [0.29, 0.717) is 35.8 Å². The number of hydrogen-bond donors (Lipinski definition) is 1. The molecule has 6 nitrogen and oxygen atoms in total. The highest BCUT2D eigenvalue weighted by Gasteiger charge is 2.31. The first kappa shape index (κ1) is 21.4. The van der Waals surface area contributed by atoms with Crippen molar-refractivity contribution in [3.63, 3.8) is 0 Å². The van der Waals surface area contributed by atoms with Crippen LogP contribution in [-0.4, -0.2) is 31.1 Å². The van der Waals surface area contributed by atoms with Crippen LogP contribution in [0.25, 0.3) is 0 Å². The molecule has 1 aliphatic heterocycles. The van der Waals surface area contributed by atoms with Gasteiger partial charge in [0, 0.05) is 11.3 Å². The van der Waals surface area contributed by atoms with E-state index in [-0.39, 0.29) is 11.8 Å². The summed E-state index contributed by atoms with van der Waals surface area (Å²) in [5, 5.41) is 2.91. The van der Waals surface area contributed by atoms with Gasteiger partial charge in [0.25, 0.3) is 11.8 Å². The topological polar surface area (TPSA) is 67.9 Å². The predicted molar refractivity (Wildman–Crippen MR) is 125 cm³/mol. The van der Waals surface area contributed by atoms with E-state index in [1.54, 1.807) is 36.1 Å². The fourth-order valence-corrected chi connectivity index (χ4v) is 3.59. The third-order valence-corrected chi connectivity index (χ3v) is 5.31. The molecule has 2 amide bonds. The van der Waals surface area contributed by atoms with Gasteiger partial charge in [0.2, 0.25) is 0 Å². The first-order chi connectivity index (χ1) is 15.4. The van der Waals surface area contributed by atoms with E-state index < -0.39 is 6.10 Å². The molecule has 0 fully saturated rings. The summed E-state index contributed by atoms with van der Waals surface area (Å²) < 4.78 is 11.6. The van der Waals surface area contributed by atoms with Crippen LogP contribution in [0, 0.1) is 13.8 Å². The summed E-state index contributed by atoms with van der Waals surface area (Å²) in [5.41, 5.74) is 3.94. The summed E-state index contributed by atoms with van der Waals surface area (Å²) in [6.45, 7) is 6.39. The summed E-state index contributed by atoms with van der Waals surface area (Å²) in [6.07, 6.45) is -0.588. The van der Waals surface area contributed by atoms with E-state index in [4.69, 9.17) is 9.47 Å².